The summed E-state index contributed by atoms with van der Waals surface area (Å²) >= 11 is 3.38. The van der Waals surface area contributed by atoms with E-state index in [1.54, 1.807) is 0 Å². The van der Waals surface area contributed by atoms with E-state index in [-0.39, 0.29) is 0 Å². The third-order valence-electron chi connectivity index (χ3n) is 2.40. The maximum Gasteiger partial charge on any atom is 0.242 e. The molecule has 0 aliphatic carbocycles. The molecule has 2 rings (SSSR count). The normalized spacial score (nSPS) is 19.1. The van der Waals surface area contributed by atoms with Crippen molar-refractivity contribution in [2.24, 2.45) is 0 Å². The smallest absolute Gasteiger partial charge is 0.242 e. The number of ether oxygens (including phenoxy) is 1. The highest BCUT2D eigenvalue weighted by atomic mass is 79.9. The van der Waals surface area contributed by atoms with Gasteiger partial charge in [-0.15, -0.1) is 0 Å². The number of rotatable bonds is 2. The van der Waals surface area contributed by atoms with Crippen molar-refractivity contribution in [3.63, 3.8) is 0 Å². The second kappa shape index (κ2) is 7.31. The highest BCUT2D eigenvalue weighted by Gasteiger charge is 2.15. The van der Waals surface area contributed by atoms with Crippen LogP contribution in [0.1, 0.15) is 19.8 Å². The average Bonchev–Trinajstić information content (AvgIpc) is 2.72. The largest absolute Gasteiger partial charge is 0.544 e. The quantitative estimate of drug-likeness (QED) is 0.722. The molecule has 1 saturated heterocycles. The van der Waals surface area contributed by atoms with Gasteiger partial charge in [-0.2, -0.15) is 0 Å². The van der Waals surface area contributed by atoms with Crippen LogP contribution in [0, 0.1) is 0 Å². The molecule has 102 valence electrons. The molecule has 1 aromatic rings. The van der Waals surface area contributed by atoms with Crippen molar-refractivity contribution in [3.05, 3.63) is 28.7 Å². The Balaban J connectivity index is 0.000000225. The Morgan fingerprint density at radius 3 is 2.17 bits per heavy atom. The van der Waals surface area contributed by atoms with Crippen LogP contribution in [0.5, 0.6) is 5.75 Å². The molecule has 0 saturated carbocycles. The lowest BCUT2D eigenvalue weighted by molar-refractivity contribution is 0.125. The lowest BCUT2D eigenvalue weighted by atomic mass is 10.3. The van der Waals surface area contributed by atoms with Crippen LogP contribution in [0.3, 0.4) is 0 Å². The van der Waals surface area contributed by atoms with E-state index in [2.05, 4.69) is 42.5 Å². The monoisotopic (exact) mass is 330 g/mol. The van der Waals surface area contributed by atoms with Crippen molar-refractivity contribution in [1.82, 2.24) is 0 Å². The van der Waals surface area contributed by atoms with E-state index >= 15 is 0 Å². The van der Waals surface area contributed by atoms with Crippen molar-refractivity contribution in [2.45, 2.75) is 45.5 Å². The molecular formula is C14H23BrO2Si. The molecule has 0 radical (unpaired) electrons. The summed E-state index contributed by atoms with van der Waals surface area (Å²) in [5.41, 5.74) is 0. The lowest BCUT2D eigenvalue weighted by Crippen LogP contribution is -2.29. The summed E-state index contributed by atoms with van der Waals surface area (Å²) in [5, 5.41) is 0. The minimum Gasteiger partial charge on any atom is -0.544 e. The Bertz CT molecular complexity index is 340. The van der Waals surface area contributed by atoms with Crippen LogP contribution >= 0.6 is 15.9 Å². The van der Waals surface area contributed by atoms with E-state index in [1.807, 2.05) is 24.3 Å². The number of benzene rings is 1. The van der Waals surface area contributed by atoms with Gasteiger partial charge in [0.05, 0.1) is 6.10 Å². The first-order valence-corrected chi connectivity index (χ1v) is 10.6. The maximum absolute atomic E-state index is 5.77. The third-order valence-corrected chi connectivity index (χ3v) is 3.77. The second-order valence-corrected chi connectivity index (χ2v) is 10.8. The highest BCUT2D eigenvalue weighted by molar-refractivity contribution is 9.10. The van der Waals surface area contributed by atoms with Crippen LogP contribution in [0.25, 0.3) is 0 Å². The summed E-state index contributed by atoms with van der Waals surface area (Å²) in [4.78, 5) is 0. The molecule has 1 aliphatic rings. The Hall–Kier alpha value is -0.323. The summed E-state index contributed by atoms with van der Waals surface area (Å²) < 4.78 is 12.0. The van der Waals surface area contributed by atoms with Gasteiger partial charge in [-0.25, -0.2) is 0 Å². The predicted molar refractivity (Wildman–Crippen MR) is 82.8 cm³/mol. The molecule has 2 nitrogen and oxygen atoms in total. The zero-order chi connectivity index (χ0) is 13.6. The summed E-state index contributed by atoms with van der Waals surface area (Å²) in [6.07, 6.45) is 3.08. The minimum absolute atomic E-state index is 0.546. The minimum atomic E-state index is -1.43. The molecule has 0 bridgehead atoms. The standard InChI is InChI=1S/C9H13BrOSi.C5H10O/c1-12(2,3)11-9-6-4-8(10)5-7-9;1-5-3-2-4-6-5/h4-7H,1-3H3;5H,2-4H2,1H3. The average molecular weight is 331 g/mol. The Morgan fingerprint density at radius 1 is 1.22 bits per heavy atom. The van der Waals surface area contributed by atoms with Gasteiger partial charge in [0, 0.05) is 11.1 Å². The van der Waals surface area contributed by atoms with E-state index in [0.29, 0.717) is 6.10 Å². The van der Waals surface area contributed by atoms with E-state index in [9.17, 15) is 0 Å². The number of hydrogen-bond donors (Lipinski definition) is 0. The Morgan fingerprint density at radius 2 is 1.83 bits per heavy atom. The van der Waals surface area contributed by atoms with Gasteiger partial charge in [-0.1, -0.05) is 15.9 Å². The highest BCUT2D eigenvalue weighted by Crippen LogP contribution is 2.19. The number of hydrogen-bond acceptors (Lipinski definition) is 2. The predicted octanol–water partition coefficient (Wildman–Crippen LogP) is 4.85. The fourth-order valence-corrected chi connectivity index (χ4v) is 2.70. The molecule has 0 amide bonds. The van der Waals surface area contributed by atoms with Crippen LogP contribution in [0.15, 0.2) is 28.7 Å². The van der Waals surface area contributed by atoms with Gasteiger partial charge in [0.2, 0.25) is 8.32 Å². The third kappa shape index (κ3) is 7.19. The fraction of sp³-hybridized carbons (Fsp3) is 0.571. The van der Waals surface area contributed by atoms with Gasteiger partial charge >= 0.3 is 0 Å². The van der Waals surface area contributed by atoms with Gasteiger partial charge in [-0.05, 0) is 63.7 Å². The molecule has 1 aromatic carbocycles. The first-order valence-electron chi connectivity index (χ1n) is 6.43. The van der Waals surface area contributed by atoms with E-state index < -0.39 is 8.32 Å². The molecule has 1 atom stereocenters. The molecular weight excluding hydrogens is 308 g/mol. The summed E-state index contributed by atoms with van der Waals surface area (Å²) in [5.74, 6) is 0.970. The van der Waals surface area contributed by atoms with Crippen LogP contribution in [0.4, 0.5) is 0 Å². The van der Waals surface area contributed by atoms with Crippen molar-refractivity contribution in [2.75, 3.05) is 6.61 Å². The van der Waals surface area contributed by atoms with Gasteiger partial charge in [0.15, 0.2) is 0 Å². The summed E-state index contributed by atoms with van der Waals surface area (Å²) in [6, 6.07) is 7.97. The van der Waals surface area contributed by atoms with Crippen LogP contribution in [-0.2, 0) is 4.74 Å². The molecule has 1 unspecified atom stereocenters. The van der Waals surface area contributed by atoms with Crippen molar-refractivity contribution >= 4 is 24.2 Å². The fourth-order valence-electron chi connectivity index (χ4n) is 1.59. The van der Waals surface area contributed by atoms with Crippen LogP contribution in [0.2, 0.25) is 19.6 Å². The SMILES string of the molecule is CC1CCCO1.C[Si](C)(C)Oc1ccc(Br)cc1. The van der Waals surface area contributed by atoms with Crippen molar-refractivity contribution in [1.29, 1.82) is 0 Å². The van der Waals surface area contributed by atoms with Crippen LogP contribution in [-0.4, -0.2) is 21.0 Å². The van der Waals surface area contributed by atoms with Crippen molar-refractivity contribution < 1.29 is 9.16 Å². The van der Waals surface area contributed by atoms with Gasteiger partial charge < -0.3 is 9.16 Å². The van der Waals surface area contributed by atoms with E-state index in [0.717, 1.165) is 16.8 Å². The lowest BCUT2D eigenvalue weighted by Gasteiger charge is -2.18. The Labute approximate surface area is 120 Å². The van der Waals surface area contributed by atoms with Crippen molar-refractivity contribution in [3.8, 4) is 5.75 Å². The molecule has 1 aliphatic heterocycles. The van der Waals surface area contributed by atoms with Gasteiger partial charge in [0.25, 0.3) is 0 Å². The molecule has 0 N–H and O–H groups in total. The Kier molecular flexibility index (Phi) is 6.39. The molecule has 0 aromatic heterocycles. The topological polar surface area (TPSA) is 18.5 Å². The molecule has 0 spiro atoms. The summed E-state index contributed by atoms with van der Waals surface area (Å²) in [7, 11) is -1.43. The maximum atomic E-state index is 5.77. The van der Waals surface area contributed by atoms with E-state index in [1.165, 1.54) is 12.8 Å². The number of halogens is 1. The zero-order valence-electron chi connectivity index (χ0n) is 11.7. The van der Waals surface area contributed by atoms with Crippen LogP contribution < -0.4 is 4.43 Å². The summed E-state index contributed by atoms with van der Waals surface area (Å²) in [6.45, 7) is 9.63. The molecule has 18 heavy (non-hydrogen) atoms. The second-order valence-electron chi connectivity index (χ2n) is 5.49. The molecule has 4 heteroatoms. The molecule has 1 heterocycles. The van der Waals surface area contributed by atoms with E-state index in [4.69, 9.17) is 9.16 Å². The zero-order valence-corrected chi connectivity index (χ0v) is 14.3. The van der Waals surface area contributed by atoms with Gasteiger partial charge in [0.1, 0.15) is 5.75 Å². The first kappa shape index (κ1) is 15.7. The van der Waals surface area contributed by atoms with Gasteiger partial charge in [-0.3, -0.25) is 0 Å². The first-order chi connectivity index (χ1) is 8.37. The molecule has 1 fully saturated rings.